The molecule has 2 aromatic carbocycles. The number of nitrogens with one attached hydrogen (secondary N) is 1. The van der Waals surface area contributed by atoms with E-state index in [1.807, 2.05) is 18.2 Å². The predicted octanol–water partition coefficient (Wildman–Crippen LogP) is 3.90. The molecule has 0 heterocycles. The maximum atomic E-state index is 12.5. The number of aryl methyl sites for hydroxylation is 2. The number of carbonyl (C=O) groups excluding carboxylic acids is 1. The average Bonchev–Trinajstić information content (AvgIpc) is 2.49. The topological polar surface area (TPSA) is 66.4 Å². The van der Waals surface area contributed by atoms with Gasteiger partial charge >= 0.3 is 5.97 Å². The van der Waals surface area contributed by atoms with E-state index in [4.69, 9.17) is 0 Å². The molecule has 2 aromatic rings. The monoisotopic (exact) mass is 297 g/mol. The number of benzene rings is 2. The Morgan fingerprint density at radius 2 is 1.73 bits per heavy atom. The normalized spacial score (nSPS) is 10.3. The highest BCUT2D eigenvalue weighted by Gasteiger charge is 2.16. The van der Waals surface area contributed by atoms with Crippen LogP contribution in [0.2, 0.25) is 0 Å². The van der Waals surface area contributed by atoms with E-state index in [0.29, 0.717) is 11.3 Å². The number of hydrogen-bond acceptors (Lipinski definition) is 2. The molecule has 0 bridgehead atoms. The number of carboxylic acid groups (broad SMARTS) is 1. The molecule has 0 spiro atoms. The van der Waals surface area contributed by atoms with Gasteiger partial charge in [-0.2, -0.15) is 0 Å². The molecule has 1 amide bonds. The Kier molecular flexibility index (Phi) is 4.94. The first-order valence-electron chi connectivity index (χ1n) is 7.26. The van der Waals surface area contributed by atoms with Crippen LogP contribution in [0, 0.1) is 6.92 Å². The van der Waals surface area contributed by atoms with E-state index in [0.717, 1.165) is 24.0 Å². The van der Waals surface area contributed by atoms with Gasteiger partial charge in [0.1, 0.15) is 0 Å². The van der Waals surface area contributed by atoms with Gasteiger partial charge in [-0.1, -0.05) is 43.7 Å². The SMILES string of the molecule is CCCc1ccccc1C(=O)Nc1c(C)cccc1C(=O)O. The standard InChI is InChI=1S/C18H19NO3/c1-3-7-13-9-4-5-10-14(13)17(20)19-16-12(2)8-6-11-15(16)18(21)22/h4-6,8-11H,3,7H2,1-2H3,(H,19,20)(H,21,22). The van der Waals surface area contributed by atoms with E-state index in [1.165, 1.54) is 6.07 Å². The molecule has 22 heavy (non-hydrogen) atoms. The lowest BCUT2D eigenvalue weighted by atomic mass is 10.0. The van der Waals surface area contributed by atoms with E-state index in [2.05, 4.69) is 12.2 Å². The second-order valence-corrected chi connectivity index (χ2v) is 5.16. The van der Waals surface area contributed by atoms with Crippen LogP contribution in [0.15, 0.2) is 42.5 Å². The van der Waals surface area contributed by atoms with Crippen LogP contribution in [0.25, 0.3) is 0 Å². The van der Waals surface area contributed by atoms with Gasteiger partial charge in [0.15, 0.2) is 0 Å². The van der Waals surface area contributed by atoms with Crippen molar-refractivity contribution in [3.8, 4) is 0 Å². The van der Waals surface area contributed by atoms with E-state index < -0.39 is 5.97 Å². The summed E-state index contributed by atoms with van der Waals surface area (Å²) < 4.78 is 0. The van der Waals surface area contributed by atoms with E-state index in [9.17, 15) is 14.7 Å². The zero-order valence-electron chi connectivity index (χ0n) is 12.7. The third kappa shape index (κ3) is 3.34. The van der Waals surface area contributed by atoms with E-state index in [-0.39, 0.29) is 11.5 Å². The fourth-order valence-corrected chi connectivity index (χ4v) is 2.42. The maximum absolute atomic E-state index is 12.5. The molecular weight excluding hydrogens is 278 g/mol. The molecule has 0 aliphatic rings. The minimum absolute atomic E-state index is 0.0984. The molecule has 4 heteroatoms. The fourth-order valence-electron chi connectivity index (χ4n) is 2.42. The summed E-state index contributed by atoms with van der Waals surface area (Å²) in [5.41, 5.74) is 2.73. The second kappa shape index (κ2) is 6.89. The van der Waals surface area contributed by atoms with Crippen LogP contribution < -0.4 is 5.32 Å². The first kappa shape index (κ1) is 15.8. The summed E-state index contributed by atoms with van der Waals surface area (Å²) in [6, 6.07) is 12.3. The Morgan fingerprint density at radius 3 is 2.41 bits per heavy atom. The Hall–Kier alpha value is -2.62. The molecule has 0 aromatic heterocycles. The van der Waals surface area contributed by atoms with Crippen molar-refractivity contribution in [1.82, 2.24) is 0 Å². The first-order chi connectivity index (χ1) is 10.5. The lowest BCUT2D eigenvalue weighted by molar-refractivity contribution is 0.0698. The van der Waals surface area contributed by atoms with Crippen LogP contribution in [0.5, 0.6) is 0 Å². The van der Waals surface area contributed by atoms with Crippen molar-refractivity contribution < 1.29 is 14.7 Å². The van der Waals surface area contributed by atoms with Crippen LogP contribution in [0.4, 0.5) is 5.69 Å². The van der Waals surface area contributed by atoms with Gasteiger partial charge in [-0.05, 0) is 36.6 Å². The van der Waals surface area contributed by atoms with Gasteiger partial charge in [-0.15, -0.1) is 0 Å². The maximum Gasteiger partial charge on any atom is 0.337 e. The van der Waals surface area contributed by atoms with Gasteiger partial charge in [0.2, 0.25) is 0 Å². The molecule has 2 N–H and O–H groups in total. The van der Waals surface area contributed by atoms with Crippen molar-refractivity contribution in [2.75, 3.05) is 5.32 Å². The molecule has 0 saturated heterocycles. The lowest BCUT2D eigenvalue weighted by Crippen LogP contribution is -2.17. The van der Waals surface area contributed by atoms with Crippen molar-refractivity contribution >= 4 is 17.6 Å². The van der Waals surface area contributed by atoms with E-state index in [1.54, 1.807) is 25.1 Å². The largest absolute Gasteiger partial charge is 0.478 e. The first-order valence-corrected chi connectivity index (χ1v) is 7.26. The molecule has 0 fully saturated rings. The highest BCUT2D eigenvalue weighted by Crippen LogP contribution is 2.22. The number of anilines is 1. The average molecular weight is 297 g/mol. The van der Waals surface area contributed by atoms with Crippen LogP contribution in [0.1, 0.15) is 45.2 Å². The van der Waals surface area contributed by atoms with Gasteiger partial charge in [0.05, 0.1) is 11.3 Å². The number of hydrogen-bond donors (Lipinski definition) is 2. The van der Waals surface area contributed by atoms with E-state index >= 15 is 0 Å². The Labute approximate surface area is 129 Å². The van der Waals surface area contributed by atoms with Crippen molar-refractivity contribution in [3.63, 3.8) is 0 Å². The molecule has 0 atom stereocenters. The summed E-state index contributed by atoms with van der Waals surface area (Å²) >= 11 is 0. The molecule has 0 aliphatic carbocycles. The summed E-state index contributed by atoms with van der Waals surface area (Å²) in [5.74, 6) is -1.33. The molecular formula is C18H19NO3. The molecule has 0 saturated carbocycles. The fraction of sp³-hybridized carbons (Fsp3) is 0.222. The van der Waals surface area contributed by atoms with Crippen LogP contribution >= 0.6 is 0 Å². The highest BCUT2D eigenvalue weighted by atomic mass is 16.4. The number of para-hydroxylation sites is 1. The Bertz CT molecular complexity index is 707. The summed E-state index contributed by atoms with van der Waals surface area (Å²) in [6.07, 6.45) is 1.75. The zero-order valence-corrected chi connectivity index (χ0v) is 12.7. The molecule has 0 radical (unpaired) electrons. The smallest absolute Gasteiger partial charge is 0.337 e. The third-order valence-electron chi connectivity index (χ3n) is 3.52. The van der Waals surface area contributed by atoms with Gasteiger partial charge < -0.3 is 10.4 Å². The summed E-state index contributed by atoms with van der Waals surface area (Å²) in [4.78, 5) is 23.8. The number of carbonyl (C=O) groups is 2. The van der Waals surface area contributed by atoms with Gasteiger partial charge in [-0.25, -0.2) is 4.79 Å². The second-order valence-electron chi connectivity index (χ2n) is 5.16. The quantitative estimate of drug-likeness (QED) is 0.879. The third-order valence-corrected chi connectivity index (χ3v) is 3.52. The molecule has 2 rings (SSSR count). The molecule has 0 unspecified atom stereocenters. The summed E-state index contributed by atoms with van der Waals surface area (Å²) in [7, 11) is 0. The number of carboxylic acids is 1. The highest BCUT2D eigenvalue weighted by molar-refractivity contribution is 6.09. The summed E-state index contributed by atoms with van der Waals surface area (Å²) in [5, 5.41) is 12.0. The lowest BCUT2D eigenvalue weighted by Gasteiger charge is -2.13. The van der Waals surface area contributed by atoms with Crippen LogP contribution in [-0.4, -0.2) is 17.0 Å². The Balaban J connectivity index is 2.36. The van der Waals surface area contributed by atoms with Gasteiger partial charge in [0.25, 0.3) is 5.91 Å². The molecule has 4 nitrogen and oxygen atoms in total. The predicted molar refractivity (Wildman–Crippen MR) is 86.5 cm³/mol. The number of rotatable bonds is 5. The minimum Gasteiger partial charge on any atom is -0.478 e. The van der Waals surface area contributed by atoms with Crippen molar-refractivity contribution in [2.24, 2.45) is 0 Å². The van der Waals surface area contributed by atoms with Gasteiger partial charge in [0, 0.05) is 5.56 Å². The molecule has 0 aliphatic heterocycles. The van der Waals surface area contributed by atoms with Crippen LogP contribution in [-0.2, 0) is 6.42 Å². The Morgan fingerprint density at radius 1 is 1.05 bits per heavy atom. The van der Waals surface area contributed by atoms with Crippen molar-refractivity contribution in [2.45, 2.75) is 26.7 Å². The summed E-state index contributed by atoms with van der Waals surface area (Å²) in [6.45, 7) is 3.83. The van der Waals surface area contributed by atoms with Crippen LogP contribution in [0.3, 0.4) is 0 Å². The number of aromatic carboxylic acids is 1. The van der Waals surface area contributed by atoms with Crippen molar-refractivity contribution in [3.05, 3.63) is 64.7 Å². The minimum atomic E-state index is -1.05. The van der Waals surface area contributed by atoms with Gasteiger partial charge in [-0.3, -0.25) is 4.79 Å². The van der Waals surface area contributed by atoms with Crippen molar-refractivity contribution in [1.29, 1.82) is 0 Å². The molecule has 114 valence electrons. The zero-order chi connectivity index (χ0) is 16.1. The number of amides is 1.